The van der Waals surface area contributed by atoms with Crippen LogP contribution in [0.25, 0.3) is 0 Å². The summed E-state index contributed by atoms with van der Waals surface area (Å²) in [4.78, 5) is 2.65. The quantitative estimate of drug-likeness (QED) is 0.913. The van der Waals surface area contributed by atoms with Crippen LogP contribution < -0.4 is 5.32 Å². The van der Waals surface area contributed by atoms with Gasteiger partial charge in [-0.2, -0.15) is 0 Å². The van der Waals surface area contributed by atoms with Crippen LogP contribution in [0.1, 0.15) is 49.1 Å². The summed E-state index contributed by atoms with van der Waals surface area (Å²) in [6.07, 6.45) is 8.32. The van der Waals surface area contributed by atoms with Gasteiger partial charge < -0.3 is 10.2 Å². The van der Waals surface area contributed by atoms with E-state index in [9.17, 15) is 0 Å². The molecule has 2 bridgehead atoms. The van der Waals surface area contributed by atoms with Crippen LogP contribution >= 0.6 is 0 Å². The molecule has 2 saturated heterocycles. The van der Waals surface area contributed by atoms with Gasteiger partial charge in [0.1, 0.15) is 0 Å². The zero-order valence-corrected chi connectivity index (χ0v) is 13.4. The van der Waals surface area contributed by atoms with Crippen LogP contribution in [0.3, 0.4) is 0 Å². The van der Waals surface area contributed by atoms with Crippen LogP contribution in [0, 0.1) is 5.92 Å². The highest BCUT2D eigenvalue weighted by molar-refractivity contribution is 5.40. The summed E-state index contributed by atoms with van der Waals surface area (Å²) in [6.45, 7) is 0. The minimum atomic E-state index is 0.708. The highest BCUT2D eigenvalue weighted by Crippen LogP contribution is 2.43. The lowest BCUT2D eigenvalue weighted by Gasteiger charge is -2.42. The van der Waals surface area contributed by atoms with E-state index in [0.29, 0.717) is 6.04 Å². The molecule has 2 heterocycles. The van der Waals surface area contributed by atoms with Crippen LogP contribution in [-0.4, -0.2) is 37.1 Å². The van der Waals surface area contributed by atoms with E-state index in [2.05, 4.69) is 48.6 Å². The highest BCUT2D eigenvalue weighted by atomic mass is 15.2. The second-order valence-corrected chi connectivity index (χ2v) is 7.51. The SMILES string of the molecule is CNC(CC1Cc2ccccc21)C1CC2CCC(C1)N2C. The highest BCUT2D eigenvalue weighted by Gasteiger charge is 2.41. The molecule has 0 spiro atoms. The maximum absolute atomic E-state index is 3.67. The molecule has 1 aromatic rings. The lowest BCUT2D eigenvalue weighted by atomic mass is 9.71. The van der Waals surface area contributed by atoms with Crippen LogP contribution in [0.5, 0.6) is 0 Å². The second-order valence-electron chi connectivity index (χ2n) is 7.51. The van der Waals surface area contributed by atoms with Crippen molar-refractivity contribution in [2.24, 2.45) is 5.92 Å². The number of nitrogens with zero attached hydrogens (tertiary/aromatic N) is 1. The van der Waals surface area contributed by atoms with E-state index < -0.39 is 0 Å². The number of hydrogen-bond acceptors (Lipinski definition) is 2. The van der Waals surface area contributed by atoms with E-state index in [4.69, 9.17) is 0 Å². The lowest BCUT2D eigenvalue weighted by molar-refractivity contribution is 0.109. The van der Waals surface area contributed by atoms with Crippen molar-refractivity contribution in [3.05, 3.63) is 35.4 Å². The Labute approximate surface area is 128 Å². The number of nitrogens with one attached hydrogen (secondary N) is 1. The molecule has 3 aliphatic rings. The van der Waals surface area contributed by atoms with Gasteiger partial charge in [0.25, 0.3) is 0 Å². The van der Waals surface area contributed by atoms with Crippen molar-refractivity contribution in [2.75, 3.05) is 14.1 Å². The Morgan fingerprint density at radius 1 is 1.19 bits per heavy atom. The van der Waals surface area contributed by atoms with Gasteiger partial charge >= 0.3 is 0 Å². The predicted octanol–water partition coefficient (Wildman–Crippen LogP) is 3.18. The molecular formula is C19H28N2. The molecule has 1 aliphatic carbocycles. The molecule has 0 radical (unpaired) electrons. The number of benzene rings is 1. The molecular weight excluding hydrogens is 256 g/mol. The van der Waals surface area contributed by atoms with Crippen molar-refractivity contribution in [1.82, 2.24) is 10.2 Å². The van der Waals surface area contributed by atoms with Crippen molar-refractivity contribution in [2.45, 2.75) is 62.6 Å². The van der Waals surface area contributed by atoms with Gasteiger partial charge in [-0.05, 0) is 75.6 Å². The molecule has 2 aliphatic heterocycles. The molecule has 114 valence electrons. The van der Waals surface area contributed by atoms with Crippen molar-refractivity contribution in [3.8, 4) is 0 Å². The van der Waals surface area contributed by atoms with Gasteiger partial charge in [-0.3, -0.25) is 0 Å². The fraction of sp³-hybridized carbons (Fsp3) is 0.684. The Balaban J connectivity index is 1.42. The van der Waals surface area contributed by atoms with Gasteiger partial charge in [-0.25, -0.2) is 0 Å². The molecule has 4 atom stereocenters. The number of piperidine rings is 1. The number of rotatable bonds is 4. The first-order valence-electron chi connectivity index (χ1n) is 8.73. The average molecular weight is 284 g/mol. The molecule has 0 amide bonds. The van der Waals surface area contributed by atoms with Gasteiger partial charge in [-0.1, -0.05) is 24.3 Å². The molecule has 1 aromatic carbocycles. The largest absolute Gasteiger partial charge is 0.317 e. The summed E-state index contributed by atoms with van der Waals surface area (Å²) >= 11 is 0. The Kier molecular flexibility index (Phi) is 3.55. The van der Waals surface area contributed by atoms with E-state index in [1.54, 1.807) is 11.1 Å². The van der Waals surface area contributed by atoms with Crippen molar-refractivity contribution < 1.29 is 0 Å². The zero-order valence-electron chi connectivity index (χ0n) is 13.4. The molecule has 4 unspecified atom stereocenters. The third-order valence-electron chi connectivity index (χ3n) is 6.57. The van der Waals surface area contributed by atoms with E-state index in [0.717, 1.165) is 23.9 Å². The first-order valence-corrected chi connectivity index (χ1v) is 8.73. The van der Waals surface area contributed by atoms with Crippen molar-refractivity contribution in [3.63, 3.8) is 0 Å². The van der Waals surface area contributed by atoms with E-state index in [-0.39, 0.29) is 0 Å². The fourth-order valence-electron chi connectivity index (χ4n) is 5.21. The molecule has 2 heteroatoms. The average Bonchev–Trinajstić information content (AvgIpc) is 2.71. The standard InChI is InChI=1S/C19H28N2/c1-20-19(12-14-9-13-5-3-4-6-18(13)14)15-10-16-7-8-17(11-15)21(16)2/h3-6,14-17,19-20H,7-12H2,1-2H3. The van der Waals surface area contributed by atoms with Gasteiger partial charge in [-0.15, -0.1) is 0 Å². The molecule has 21 heavy (non-hydrogen) atoms. The summed E-state index contributed by atoms with van der Waals surface area (Å²) < 4.78 is 0. The summed E-state index contributed by atoms with van der Waals surface area (Å²) in [5, 5.41) is 3.67. The molecule has 0 aromatic heterocycles. The van der Waals surface area contributed by atoms with Crippen LogP contribution in [0.15, 0.2) is 24.3 Å². The second kappa shape index (κ2) is 5.40. The smallest absolute Gasteiger partial charge is 0.00994 e. The van der Waals surface area contributed by atoms with E-state index in [1.165, 1.54) is 38.5 Å². The van der Waals surface area contributed by atoms with Crippen molar-refractivity contribution >= 4 is 0 Å². The summed E-state index contributed by atoms with van der Waals surface area (Å²) in [5.74, 6) is 1.69. The minimum absolute atomic E-state index is 0.708. The first kappa shape index (κ1) is 13.8. The molecule has 1 N–H and O–H groups in total. The third kappa shape index (κ3) is 2.33. The Morgan fingerprint density at radius 3 is 2.57 bits per heavy atom. The lowest BCUT2D eigenvalue weighted by Crippen LogP contribution is -2.47. The monoisotopic (exact) mass is 284 g/mol. The zero-order chi connectivity index (χ0) is 14.4. The van der Waals surface area contributed by atoms with E-state index in [1.807, 2.05) is 0 Å². The summed E-state index contributed by atoms with van der Waals surface area (Å²) in [6, 6.07) is 11.5. The fourth-order valence-corrected chi connectivity index (χ4v) is 5.21. The molecule has 4 rings (SSSR count). The Bertz CT molecular complexity index is 498. The number of fused-ring (bicyclic) bond motifs is 3. The van der Waals surface area contributed by atoms with Crippen molar-refractivity contribution in [1.29, 1.82) is 0 Å². The normalized spacial score (nSPS) is 36.1. The van der Waals surface area contributed by atoms with Crippen LogP contribution in [-0.2, 0) is 6.42 Å². The summed E-state index contributed by atoms with van der Waals surface area (Å²) in [7, 11) is 4.52. The topological polar surface area (TPSA) is 15.3 Å². The minimum Gasteiger partial charge on any atom is -0.317 e. The Hall–Kier alpha value is -0.860. The molecule has 2 fully saturated rings. The Morgan fingerprint density at radius 2 is 1.90 bits per heavy atom. The van der Waals surface area contributed by atoms with Crippen LogP contribution in [0.2, 0.25) is 0 Å². The van der Waals surface area contributed by atoms with Gasteiger partial charge in [0, 0.05) is 18.1 Å². The first-order chi connectivity index (χ1) is 10.3. The predicted molar refractivity (Wildman–Crippen MR) is 87.6 cm³/mol. The molecule has 2 nitrogen and oxygen atoms in total. The van der Waals surface area contributed by atoms with Gasteiger partial charge in [0.15, 0.2) is 0 Å². The summed E-state index contributed by atoms with van der Waals surface area (Å²) in [5.41, 5.74) is 3.20. The van der Waals surface area contributed by atoms with E-state index >= 15 is 0 Å². The third-order valence-corrected chi connectivity index (χ3v) is 6.57. The van der Waals surface area contributed by atoms with Gasteiger partial charge in [0.05, 0.1) is 0 Å². The van der Waals surface area contributed by atoms with Gasteiger partial charge in [0.2, 0.25) is 0 Å². The number of hydrogen-bond donors (Lipinski definition) is 1. The van der Waals surface area contributed by atoms with Crippen LogP contribution in [0.4, 0.5) is 0 Å². The maximum Gasteiger partial charge on any atom is 0.00994 e. The maximum atomic E-state index is 3.67. The molecule has 0 saturated carbocycles.